The highest BCUT2D eigenvalue weighted by Crippen LogP contribution is 2.14. The van der Waals surface area contributed by atoms with Crippen molar-refractivity contribution in [1.82, 2.24) is 10.6 Å². The van der Waals surface area contributed by atoms with Gasteiger partial charge in [0, 0.05) is 26.7 Å². The lowest BCUT2D eigenvalue weighted by atomic mass is 10.2. The van der Waals surface area contributed by atoms with E-state index in [9.17, 15) is 0 Å². The summed E-state index contributed by atoms with van der Waals surface area (Å²) >= 11 is 0. The van der Waals surface area contributed by atoms with Crippen molar-refractivity contribution in [2.75, 3.05) is 20.2 Å². The second kappa shape index (κ2) is 7.79. The monoisotopic (exact) mass is 261 g/mol. The molecule has 0 spiro atoms. The van der Waals surface area contributed by atoms with Gasteiger partial charge in [-0.3, -0.25) is 4.99 Å². The van der Waals surface area contributed by atoms with E-state index in [-0.39, 0.29) is 0 Å². The maximum absolute atomic E-state index is 5.60. The molecule has 0 amide bonds. The lowest BCUT2D eigenvalue weighted by Gasteiger charge is -2.14. The van der Waals surface area contributed by atoms with Gasteiger partial charge in [-0.05, 0) is 24.8 Å². The lowest BCUT2D eigenvalue weighted by molar-refractivity contribution is 0.105. The van der Waals surface area contributed by atoms with E-state index in [1.165, 1.54) is 18.4 Å². The highest BCUT2D eigenvalue weighted by Gasteiger charge is 2.14. The van der Waals surface area contributed by atoms with E-state index in [0.29, 0.717) is 6.10 Å². The van der Waals surface area contributed by atoms with Crippen LogP contribution in [0.25, 0.3) is 0 Å². The molecular formula is C15H23N3O. The number of nitrogens with one attached hydrogen (secondary N) is 2. The molecule has 0 radical (unpaired) electrons. The normalized spacial score (nSPS) is 19.4. The molecule has 1 aromatic carbocycles. The average Bonchev–Trinajstić information content (AvgIpc) is 2.97. The van der Waals surface area contributed by atoms with E-state index in [1.54, 1.807) is 7.05 Å². The van der Waals surface area contributed by atoms with Crippen LogP contribution in [0.15, 0.2) is 35.3 Å². The molecule has 1 atom stereocenters. The number of hydrogen-bond acceptors (Lipinski definition) is 2. The topological polar surface area (TPSA) is 45.7 Å². The van der Waals surface area contributed by atoms with Crippen LogP contribution in [0.5, 0.6) is 0 Å². The van der Waals surface area contributed by atoms with Gasteiger partial charge in [0.2, 0.25) is 0 Å². The third-order valence-corrected chi connectivity index (χ3v) is 3.31. The molecule has 1 aliphatic heterocycles. The zero-order valence-corrected chi connectivity index (χ0v) is 11.6. The molecule has 1 aromatic rings. The summed E-state index contributed by atoms with van der Waals surface area (Å²) in [4.78, 5) is 4.22. The number of guanidine groups is 1. The lowest BCUT2D eigenvalue weighted by Crippen LogP contribution is -2.38. The predicted octanol–water partition coefficient (Wildman–Crippen LogP) is 1.92. The first-order chi connectivity index (χ1) is 9.38. The first-order valence-electron chi connectivity index (χ1n) is 6.98. The van der Waals surface area contributed by atoms with Gasteiger partial charge in [-0.25, -0.2) is 0 Å². The second-order valence-electron chi connectivity index (χ2n) is 4.76. The van der Waals surface area contributed by atoms with Crippen LogP contribution in [0.2, 0.25) is 0 Å². The summed E-state index contributed by atoms with van der Waals surface area (Å²) in [7, 11) is 1.80. The highest BCUT2D eigenvalue weighted by atomic mass is 16.5. The molecule has 1 heterocycles. The van der Waals surface area contributed by atoms with Crippen molar-refractivity contribution >= 4 is 5.96 Å². The van der Waals surface area contributed by atoms with Gasteiger partial charge in [0.15, 0.2) is 5.96 Å². The fourth-order valence-corrected chi connectivity index (χ4v) is 2.23. The van der Waals surface area contributed by atoms with Crippen molar-refractivity contribution in [2.45, 2.75) is 31.9 Å². The van der Waals surface area contributed by atoms with Gasteiger partial charge in [-0.1, -0.05) is 30.3 Å². The summed E-state index contributed by atoms with van der Waals surface area (Å²) in [5, 5.41) is 6.63. The van der Waals surface area contributed by atoms with Crippen LogP contribution in [0, 0.1) is 0 Å². The average molecular weight is 261 g/mol. The van der Waals surface area contributed by atoms with Gasteiger partial charge < -0.3 is 15.4 Å². The van der Waals surface area contributed by atoms with Crippen LogP contribution in [0.1, 0.15) is 24.8 Å². The zero-order chi connectivity index (χ0) is 13.3. The molecular weight excluding hydrogens is 238 g/mol. The van der Waals surface area contributed by atoms with Crippen LogP contribution in [-0.4, -0.2) is 32.3 Å². The van der Waals surface area contributed by atoms with Crippen molar-refractivity contribution in [2.24, 2.45) is 4.99 Å². The Labute approximate surface area is 115 Å². The number of benzene rings is 1. The van der Waals surface area contributed by atoms with Gasteiger partial charge in [0.25, 0.3) is 0 Å². The van der Waals surface area contributed by atoms with E-state index in [1.807, 2.05) is 18.2 Å². The molecule has 2 rings (SSSR count). The van der Waals surface area contributed by atoms with Gasteiger partial charge in [0.1, 0.15) is 0 Å². The van der Waals surface area contributed by atoms with Gasteiger partial charge in [-0.2, -0.15) is 0 Å². The standard InChI is InChI=1S/C15H23N3O/c1-16-15(17-10-9-14-8-5-11-19-14)18-12-13-6-3-2-4-7-13/h2-4,6-7,14H,5,8-12H2,1H3,(H2,16,17,18). The zero-order valence-electron chi connectivity index (χ0n) is 11.6. The van der Waals surface area contributed by atoms with Crippen LogP contribution in [0.3, 0.4) is 0 Å². The first kappa shape index (κ1) is 13.9. The van der Waals surface area contributed by atoms with E-state index >= 15 is 0 Å². The largest absolute Gasteiger partial charge is 0.378 e. The summed E-state index contributed by atoms with van der Waals surface area (Å²) in [6, 6.07) is 10.3. The molecule has 1 saturated heterocycles. The smallest absolute Gasteiger partial charge is 0.191 e. The van der Waals surface area contributed by atoms with Crippen LogP contribution in [0.4, 0.5) is 0 Å². The molecule has 0 saturated carbocycles. The van der Waals surface area contributed by atoms with E-state index in [2.05, 4.69) is 27.8 Å². The Kier molecular flexibility index (Phi) is 5.69. The summed E-state index contributed by atoms with van der Waals surface area (Å²) < 4.78 is 5.60. The number of ether oxygens (including phenoxy) is 1. The van der Waals surface area contributed by atoms with Crippen molar-refractivity contribution in [3.8, 4) is 0 Å². The Balaban J connectivity index is 1.65. The van der Waals surface area contributed by atoms with Crippen LogP contribution < -0.4 is 10.6 Å². The number of rotatable bonds is 5. The van der Waals surface area contributed by atoms with Crippen molar-refractivity contribution in [3.05, 3.63) is 35.9 Å². The molecule has 19 heavy (non-hydrogen) atoms. The Morgan fingerprint density at radius 1 is 1.32 bits per heavy atom. The highest BCUT2D eigenvalue weighted by molar-refractivity contribution is 5.79. The van der Waals surface area contributed by atoms with Crippen molar-refractivity contribution in [1.29, 1.82) is 0 Å². The third-order valence-electron chi connectivity index (χ3n) is 3.31. The van der Waals surface area contributed by atoms with Gasteiger partial charge in [0.05, 0.1) is 6.10 Å². The molecule has 1 unspecified atom stereocenters. The minimum absolute atomic E-state index is 0.430. The number of nitrogens with zero attached hydrogens (tertiary/aromatic N) is 1. The van der Waals surface area contributed by atoms with E-state index < -0.39 is 0 Å². The summed E-state index contributed by atoms with van der Waals surface area (Å²) in [6.07, 6.45) is 3.87. The van der Waals surface area contributed by atoms with Gasteiger partial charge in [-0.15, -0.1) is 0 Å². The molecule has 0 aromatic heterocycles. The minimum atomic E-state index is 0.430. The molecule has 2 N–H and O–H groups in total. The summed E-state index contributed by atoms with van der Waals surface area (Å²) in [6.45, 7) is 2.62. The summed E-state index contributed by atoms with van der Waals surface area (Å²) in [5.74, 6) is 0.849. The first-order valence-corrected chi connectivity index (χ1v) is 6.98. The molecule has 1 fully saturated rings. The molecule has 104 valence electrons. The van der Waals surface area contributed by atoms with E-state index in [4.69, 9.17) is 4.74 Å². The van der Waals surface area contributed by atoms with Gasteiger partial charge >= 0.3 is 0 Å². The third kappa shape index (κ3) is 4.91. The maximum atomic E-state index is 5.60. The fourth-order valence-electron chi connectivity index (χ4n) is 2.23. The fraction of sp³-hybridized carbons (Fsp3) is 0.533. The maximum Gasteiger partial charge on any atom is 0.191 e. The molecule has 1 aliphatic rings. The van der Waals surface area contributed by atoms with Crippen molar-refractivity contribution in [3.63, 3.8) is 0 Å². The Morgan fingerprint density at radius 3 is 2.84 bits per heavy atom. The Hall–Kier alpha value is -1.55. The Morgan fingerprint density at radius 2 is 2.16 bits per heavy atom. The molecule has 4 nitrogen and oxygen atoms in total. The molecule has 0 aliphatic carbocycles. The summed E-state index contributed by atoms with van der Waals surface area (Å²) in [5.41, 5.74) is 1.25. The second-order valence-corrected chi connectivity index (χ2v) is 4.76. The molecule has 4 heteroatoms. The quantitative estimate of drug-likeness (QED) is 0.629. The van der Waals surface area contributed by atoms with Crippen LogP contribution >= 0.6 is 0 Å². The number of aliphatic imine (C=N–C) groups is 1. The van der Waals surface area contributed by atoms with Crippen LogP contribution in [-0.2, 0) is 11.3 Å². The van der Waals surface area contributed by atoms with Crippen molar-refractivity contribution < 1.29 is 4.74 Å². The Bertz CT molecular complexity index is 386. The SMILES string of the molecule is CN=C(NCCC1CCCO1)NCc1ccccc1. The molecule has 0 bridgehead atoms. The van der Waals surface area contributed by atoms with E-state index in [0.717, 1.165) is 32.1 Å². The predicted molar refractivity (Wildman–Crippen MR) is 78.2 cm³/mol. The minimum Gasteiger partial charge on any atom is -0.378 e. The number of hydrogen-bond donors (Lipinski definition) is 2.